The number of carboxylic acid groups (broad SMARTS) is 1. The van der Waals surface area contributed by atoms with Crippen molar-refractivity contribution in [1.82, 2.24) is 20.3 Å². The highest BCUT2D eigenvalue weighted by molar-refractivity contribution is 5.74. The second kappa shape index (κ2) is 10.8. The number of anilines is 3. The minimum Gasteiger partial charge on any atom is -0.480 e. The molecule has 34 heavy (non-hydrogen) atoms. The molecule has 4 N–H and O–H groups in total. The van der Waals surface area contributed by atoms with Gasteiger partial charge in [0.15, 0.2) is 0 Å². The van der Waals surface area contributed by atoms with Crippen molar-refractivity contribution < 1.29 is 9.90 Å². The van der Waals surface area contributed by atoms with Gasteiger partial charge in [-0.1, -0.05) is 12.1 Å². The molecule has 2 aromatic heterocycles. The highest BCUT2D eigenvalue weighted by Crippen LogP contribution is 2.33. The van der Waals surface area contributed by atoms with Gasteiger partial charge in [-0.15, -0.1) is 6.58 Å². The summed E-state index contributed by atoms with van der Waals surface area (Å²) in [6.45, 7) is 10.9. The minimum atomic E-state index is -0.911. The van der Waals surface area contributed by atoms with Crippen LogP contribution in [0.5, 0.6) is 0 Å². The Morgan fingerprint density at radius 2 is 2.09 bits per heavy atom. The molecule has 0 amide bonds. The van der Waals surface area contributed by atoms with Gasteiger partial charge in [0, 0.05) is 49.9 Å². The zero-order valence-electron chi connectivity index (χ0n) is 20.1. The largest absolute Gasteiger partial charge is 0.480 e. The summed E-state index contributed by atoms with van der Waals surface area (Å²) in [5.74, 6) is 2.85. The van der Waals surface area contributed by atoms with Crippen molar-refractivity contribution in [3.8, 4) is 0 Å². The van der Waals surface area contributed by atoms with Crippen molar-refractivity contribution in [2.75, 3.05) is 48.3 Å². The molecule has 0 unspecified atom stereocenters. The van der Waals surface area contributed by atoms with Gasteiger partial charge in [0.2, 0.25) is 0 Å². The second-order valence-electron chi connectivity index (χ2n) is 9.07. The van der Waals surface area contributed by atoms with E-state index in [1.807, 2.05) is 13.8 Å². The van der Waals surface area contributed by atoms with Gasteiger partial charge in [-0.3, -0.25) is 10.1 Å². The lowest BCUT2D eigenvalue weighted by Crippen LogP contribution is -2.42. The summed E-state index contributed by atoms with van der Waals surface area (Å²) in [5.41, 5.74) is 3.44. The smallest absolute Gasteiger partial charge is 0.322 e. The van der Waals surface area contributed by atoms with Crippen LogP contribution >= 0.6 is 0 Å². The van der Waals surface area contributed by atoms with Crippen molar-refractivity contribution in [2.24, 2.45) is 0 Å². The Bertz CT molecular complexity index is 1030. The Morgan fingerprint density at radius 3 is 2.82 bits per heavy atom. The van der Waals surface area contributed by atoms with Crippen molar-refractivity contribution in [2.45, 2.75) is 51.5 Å². The van der Waals surface area contributed by atoms with Crippen LogP contribution in [0.15, 0.2) is 24.8 Å². The molecule has 0 bridgehead atoms. The lowest BCUT2D eigenvalue weighted by Gasteiger charge is -2.34. The molecule has 1 atom stereocenters. The monoisotopic (exact) mass is 465 g/mol. The quantitative estimate of drug-likeness (QED) is 0.415. The Morgan fingerprint density at radius 1 is 1.29 bits per heavy atom. The summed E-state index contributed by atoms with van der Waals surface area (Å²) < 4.78 is 0. The SMILES string of the molecule is C=CCN[C@@H](CNc1nc(C)nc(N2CCC(c3ccc4c(n3)NCCC4)CC2)c1C)C(=O)O. The van der Waals surface area contributed by atoms with Gasteiger partial charge in [-0.2, -0.15) is 0 Å². The van der Waals surface area contributed by atoms with Crippen LogP contribution in [0.3, 0.4) is 0 Å². The molecule has 4 rings (SSSR count). The van der Waals surface area contributed by atoms with Crippen LogP contribution in [0.4, 0.5) is 17.5 Å². The van der Waals surface area contributed by atoms with Gasteiger partial charge in [0.25, 0.3) is 0 Å². The molecule has 2 aromatic rings. The number of aliphatic carboxylic acids is 1. The van der Waals surface area contributed by atoms with E-state index in [-0.39, 0.29) is 6.54 Å². The highest BCUT2D eigenvalue weighted by Gasteiger charge is 2.26. The molecule has 2 aliphatic rings. The molecule has 182 valence electrons. The molecular formula is C25H35N7O2. The van der Waals surface area contributed by atoms with Crippen molar-refractivity contribution in [1.29, 1.82) is 0 Å². The fraction of sp³-hybridized carbons (Fsp3) is 0.520. The van der Waals surface area contributed by atoms with E-state index in [0.717, 1.165) is 56.1 Å². The molecule has 1 saturated heterocycles. The number of piperidine rings is 1. The first-order valence-electron chi connectivity index (χ1n) is 12.1. The van der Waals surface area contributed by atoms with Crippen LogP contribution in [0.25, 0.3) is 0 Å². The normalized spacial score (nSPS) is 16.9. The maximum atomic E-state index is 11.5. The van der Waals surface area contributed by atoms with Gasteiger partial charge in [-0.05, 0) is 51.2 Å². The summed E-state index contributed by atoms with van der Waals surface area (Å²) >= 11 is 0. The fourth-order valence-corrected chi connectivity index (χ4v) is 4.72. The number of rotatable bonds is 9. The summed E-state index contributed by atoms with van der Waals surface area (Å²) in [6, 6.07) is 3.71. The van der Waals surface area contributed by atoms with Crippen molar-refractivity contribution in [3.05, 3.63) is 47.4 Å². The van der Waals surface area contributed by atoms with E-state index in [1.54, 1.807) is 6.08 Å². The Labute approximate surface area is 201 Å². The summed E-state index contributed by atoms with van der Waals surface area (Å²) in [5, 5.41) is 19.1. The van der Waals surface area contributed by atoms with Crippen molar-refractivity contribution in [3.63, 3.8) is 0 Å². The minimum absolute atomic E-state index is 0.222. The van der Waals surface area contributed by atoms with E-state index in [0.29, 0.717) is 24.1 Å². The third-order valence-corrected chi connectivity index (χ3v) is 6.64. The van der Waals surface area contributed by atoms with E-state index in [4.69, 9.17) is 9.97 Å². The molecule has 0 aliphatic carbocycles. The number of carboxylic acids is 1. The van der Waals surface area contributed by atoms with E-state index in [1.165, 1.54) is 17.7 Å². The van der Waals surface area contributed by atoms with Gasteiger partial charge in [-0.25, -0.2) is 15.0 Å². The number of nitrogens with zero attached hydrogens (tertiary/aromatic N) is 4. The number of nitrogens with one attached hydrogen (secondary N) is 3. The molecule has 9 nitrogen and oxygen atoms in total. The van der Waals surface area contributed by atoms with Gasteiger partial charge >= 0.3 is 5.97 Å². The van der Waals surface area contributed by atoms with E-state index in [9.17, 15) is 9.90 Å². The number of carbonyl (C=O) groups is 1. The maximum absolute atomic E-state index is 11.5. The lowest BCUT2D eigenvalue weighted by molar-refractivity contribution is -0.139. The average Bonchev–Trinajstić information content (AvgIpc) is 2.85. The first kappa shape index (κ1) is 23.9. The summed E-state index contributed by atoms with van der Waals surface area (Å²) in [6.07, 6.45) is 5.96. The average molecular weight is 466 g/mol. The topological polar surface area (TPSA) is 115 Å². The lowest BCUT2D eigenvalue weighted by atomic mass is 9.92. The molecule has 0 aromatic carbocycles. The van der Waals surface area contributed by atoms with E-state index < -0.39 is 12.0 Å². The van der Waals surface area contributed by atoms with Crippen LogP contribution < -0.4 is 20.9 Å². The zero-order chi connectivity index (χ0) is 24.1. The number of fused-ring (bicyclic) bond motifs is 1. The third-order valence-electron chi connectivity index (χ3n) is 6.64. The first-order valence-corrected chi connectivity index (χ1v) is 12.1. The van der Waals surface area contributed by atoms with Crippen molar-refractivity contribution >= 4 is 23.4 Å². The fourth-order valence-electron chi connectivity index (χ4n) is 4.72. The Kier molecular flexibility index (Phi) is 7.62. The third kappa shape index (κ3) is 5.47. The summed E-state index contributed by atoms with van der Waals surface area (Å²) in [7, 11) is 0. The van der Waals surface area contributed by atoms with Gasteiger partial charge < -0.3 is 20.6 Å². The van der Waals surface area contributed by atoms with Gasteiger partial charge in [0.1, 0.15) is 29.3 Å². The molecule has 0 spiro atoms. The highest BCUT2D eigenvalue weighted by atomic mass is 16.4. The summed E-state index contributed by atoms with van der Waals surface area (Å²) in [4.78, 5) is 28.0. The Balaban J connectivity index is 1.42. The predicted molar refractivity (Wildman–Crippen MR) is 135 cm³/mol. The number of aryl methyl sites for hydroxylation is 2. The number of pyridine rings is 1. The van der Waals surface area contributed by atoms with E-state index >= 15 is 0 Å². The van der Waals surface area contributed by atoms with Crippen LogP contribution in [-0.4, -0.2) is 64.8 Å². The molecular weight excluding hydrogens is 430 g/mol. The molecule has 4 heterocycles. The second-order valence-corrected chi connectivity index (χ2v) is 9.07. The van der Waals surface area contributed by atoms with Crippen LogP contribution in [0.2, 0.25) is 0 Å². The number of hydrogen-bond acceptors (Lipinski definition) is 8. The van der Waals surface area contributed by atoms with Crippen LogP contribution in [0, 0.1) is 13.8 Å². The maximum Gasteiger partial charge on any atom is 0.322 e. The molecule has 2 aliphatic heterocycles. The molecule has 0 radical (unpaired) electrons. The van der Waals surface area contributed by atoms with Crippen LogP contribution in [-0.2, 0) is 11.2 Å². The molecule has 0 saturated carbocycles. The zero-order valence-corrected chi connectivity index (χ0v) is 20.1. The van der Waals surface area contributed by atoms with E-state index in [2.05, 4.69) is 44.5 Å². The van der Waals surface area contributed by atoms with Crippen LogP contribution in [0.1, 0.15) is 47.8 Å². The first-order chi connectivity index (χ1) is 16.5. The number of hydrogen-bond donors (Lipinski definition) is 4. The predicted octanol–water partition coefficient (Wildman–Crippen LogP) is 2.87. The molecule has 9 heteroatoms. The standard InChI is InChI=1S/C25H35N7O2/c1-4-11-26-21(25(33)34)15-28-22-16(2)24(30-17(3)29-22)32-13-9-18(10-14-32)20-8-7-19-6-5-12-27-23(19)31-20/h4,7-8,18,21,26H,1,5-6,9-15H2,2-3H3,(H,27,31)(H,33,34)(H,28,29,30)/t21-/m0/s1. The molecule has 1 fully saturated rings. The van der Waals surface area contributed by atoms with Gasteiger partial charge in [0.05, 0.1) is 0 Å². The number of aromatic nitrogens is 3. The Hall–Kier alpha value is -3.20.